The van der Waals surface area contributed by atoms with Crippen molar-refractivity contribution in [1.29, 1.82) is 0 Å². The highest BCUT2D eigenvalue weighted by molar-refractivity contribution is 6.31. The number of nitrogens with zero attached hydrogens (tertiary/aromatic N) is 4. The number of aromatic nitrogens is 3. The highest BCUT2D eigenvalue weighted by atomic mass is 35.5. The lowest BCUT2D eigenvalue weighted by Crippen LogP contribution is -2.43. The summed E-state index contributed by atoms with van der Waals surface area (Å²) in [6.07, 6.45) is 5.29. The predicted molar refractivity (Wildman–Crippen MR) is 136 cm³/mol. The molecular formula is C27H27ClFN5O. The molecule has 0 spiro atoms. The molecule has 6 nitrogen and oxygen atoms in total. The van der Waals surface area contributed by atoms with Crippen molar-refractivity contribution >= 4 is 28.8 Å². The highest BCUT2D eigenvalue weighted by Crippen LogP contribution is 2.29. The van der Waals surface area contributed by atoms with Crippen LogP contribution in [0.25, 0.3) is 16.8 Å². The Morgan fingerprint density at radius 3 is 2.83 bits per heavy atom. The van der Waals surface area contributed by atoms with E-state index in [2.05, 4.69) is 53.3 Å². The number of hydrogen-bond acceptors (Lipinski definition) is 4. The van der Waals surface area contributed by atoms with Crippen molar-refractivity contribution in [2.75, 3.05) is 18.0 Å². The van der Waals surface area contributed by atoms with Crippen molar-refractivity contribution in [3.05, 3.63) is 82.4 Å². The van der Waals surface area contributed by atoms with Crippen LogP contribution in [0.4, 0.5) is 10.2 Å². The number of benzene rings is 2. The summed E-state index contributed by atoms with van der Waals surface area (Å²) in [7, 11) is 0. The number of carbonyl (C=O) groups is 1. The van der Waals surface area contributed by atoms with Gasteiger partial charge in [-0.3, -0.25) is 4.79 Å². The number of hydrogen-bond donors (Lipinski definition) is 1. The van der Waals surface area contributed by atoms with Crippen LogP contribution in [0, 0.1) is 25.6 Å². The fourth-order valence-corrected chi connectivity index (χ4v) is 4.80. The first-order valence-corrected chi connectivity index (χ1v) is 12.2. The molecule has 1 aliphatic rings. The van der Waals surface area contributed by atoms with E-state index in [9.17, 15) is 9.18 Å². The van der Waals surface area contributed by atoms with Gasteiger partial charge in [0.1, 0.15) is 11.3 Å². The van der Waals surface area contributed by atoms with Gasteiger partial charge in [-0.2, -0.15) is 5.10 Å². The van der Waals surface area contributed by atoms with Gasteiger partial charge in [-0.15, -0.1) is 0 Å². The van der Waals surface area contributed by atoms with Crippen LogP contribution in [0.3, 0.4) is 0 Å². The molecule has 35 heavy (non-hydrogen) atoms. The topological polar surface area (TPSA) is 62.5 Å². The lowest BCUT2D eigenvalue weighted by molar-refractivity contribution is -0.125. The zero-order valence-corrected chi connectivity index (χ0v) is 20.5. The molecule has 0 radical (unpaired) electrons. The van der Waals surface area contributed by atoms with Crippen LogP contribution in [0.2, 0.25) is 5.02 Å². The van der Waals surface area contributed by atoms with Crippen molar-refractivity contribution in [2.24, 2.45) is 5.92 Å². The van der Waals surface area contributed by atoms with Gasteiger partial charge in [-0.1, -0.05) is 29.8 Å². The van der Waals surface area contributed by atoms with Crippen molar-refractivity contribution in [2.45, 2.75) is 33.2 Å². The average molecular weight is 492 g/mol. The molecule has 2 aromatic carbocycles. The summed E-state index contributed by atoms with van der Waals surface area (Å²) in [6.45, 7) is 5.86. The van der Waals surface area contributed by atoms with Gasteiger partial charge in [0, 0.05) is 42.6 Å². The van der Waals surface area contributed by atoms with Crippen molar-refractivity contribution < 1.29 is 9.18 Å². The molecular weight excluding hydrogens is 465 g/mol. The van der Waals surface area contributed by atoms with Crippen molar-refractivity contribution in [3.8, 4) is 11.3 Å². The van der Waals surface area contributed by atoms with Crippen molar-refractivity contribution in [1.82, 2.24) is 19.9 Å². The molecule has 1 saturated heterocycles. The fraction of sp³-hybridized carbons (Fsp3) is 0.296. The summed E-state index contributed by atoms with van der Waals surface area (Å²) in [4.78, 5) is 19.8. The van der Waals surface area contributed by atoms with Crippen LogP contribution < -0.4 is 10.2 Å². The van der Waals surface area contributed by atoms with Crippen LogP contribution in [0.15, 0.2) is 54.9 Å². The number of halogens is 2. The van der Waals surface area contributed by atoms with Gasteiger partial charge in [0.05, 0.1) is 11.6 Å². The molecule has 8 heteroatoms. The number of piperidine rings is 1. The van der Waals surface area contributed by atoms with E-state index in [0.29, 0.717) is 17.1 Å². The van der Waals surface area contributed by atoms with Crippen LogP contribution in [-0.4, -0.2) is 33.6 Å². The van der Waals surface area contributed by atoms with E-state index >= 15 is 0 Å². The fourth-order valence-electron chi connectivity index (χ4n) is 4.57. The molecule has 0 bridgehead atoms. The molecule has 5 rings (SSSR count). The Bertz CT molecular complexity index is 1400. The second kappa shape index (κ2) is 9.66. The van der Waals surface area contributed by atoms with Gasteiger partial charge in [0.2, 0.25) is 5.91 Å². The summed E-state index contributed by atoms with van der Waals surface area (Å²) in [5, 5.41) is 8.05. The van der Waals surface area contributed by atoms with E-state index in [4.69, 9.17) is 16.7 Å². The minimum atomic E-state index is -0.393. The van der Waals surface area contributed by atoms with E-state index in [1.807, 2.05) is 10.7 Å². The zero-order valence-electron chi connectivity index (χ0n) is 19.8. The first kappa shape index (κ1) is 23.3. The molecule has 1 amide bonds. The van der Waals surface area contributed by atoms with E-state index in [1.165, 1.54) is 23.3 Å². The number of carbonyl (C=O) groups excluding carboxylic acids is 1. The number of nitrogens with one attached hydrogen (secondary N) is 1. The standard InChI is InChI=1S/C27H27ClFN5O/c1-17-5-6-19(12-18(17)2)24-14-25-26(30-9-11-34(25)32-24)33-10-3-4-21(16-33)27(35)31-15-20-7-8-22(29)13-23(20)28/h5-9,11-14,21H,3-4,10,15-16H2,1-2H3,(H,31,35). The van der Waals surface area contributed by atoms with Gasteiger partial charge in [-0.25, -0.2) is 13.9 Å². The van der Waals surface area contributed by atoms with E-state index in [0.717, 1.165) is 42.0 Å². The maximum absolute atomic E-state index is 13.3. The van der Waals surface area contributed by atoms with Crippen LogP contribution in [0.1, 0.15) is 29.5 Å². The number of amides is 1. The smallest absolute Gasteiger partial charge is 0.225 e. The monoisotopic (exact) mass is 491 g/mol. The molecule has 1 aliphatic heterocycles. The van der Waals surface area contributed by atoms with Crippen molar-refractivity contribution in [3.63, 3.8) is 0 Å². The molecule has 1 unspecified atom stereocenters. The Kier molecular flexibility index (Phi) is 6.43. The maximum Gasteiger partial charge on any atom is 0.225 e. The summed E-state index contributed by atoms with van der Waals surface area (Å²) in [5.41, 5.74) is 6.05. The lowest BCUT2D eigenvalue weighted by Gasteiger charge is -2.33. The van der Waals surface area contributed by atoms with E-state index < -0.39 is 5.82 Å². The summed E-state index contributed by atoms with van der Waals surface area (Å²) in [6, 6.07) is 12.6. The normalized spacial score (nSPS) is 16.0. The maximum atomic E-state index is 13.3. The SMILES string of the molecule is Cc1ccc(-c2cc3c(N4CCCC(C(=O)NCc5ccc(F)cc5Cl)C4)nccn3n2)cc1C. The predicted octanol–water partition coefficient (Wildman–Crippen LogP) is 5.34. The third-order valence-electron chi connectivity index (χ3n) is 6.73. The first-order chi connectivity index (χ1) is 16.9. The number of anilines is 1. The Labute approximate surface area is 208 Å². The third-order valence-corrected chi connectivity index (χ3v) is 7.08. The Balaban J connectivity index is 1.33. The summed E-state index contributed by atoms with van der Waals surface area (Å²) in [5.74, 6) is 0.225. The minimum absolute atomic E-state index is 0.0358. The van der Waals surface area contributed by atoms with Gasteiger partial charge in [0.25, 0.3) is 0 Å². The van der Waals surface area contributed by atoms with Gasteiger partial charge in [0.15, 0.2) is 5.82 Å². The Hall–Kier alpha value is -3.45. The molecule has 1 N–H and O–H groups in total. The van der Waals surface area contributed by atoms with Gasteiger partial charge in [-0.05, 0) is 67.6 Å². The molecule has 3 heterocycles. The highest BCUT2D eigenvalue weighted by Gasteiger charge is 2.28. The van der Waals surface area contributed by atoms with E-state index in [1.54, 1.807) is 12.3 Å². The summed E-state index contributed by atoms with van der Waals surface area (Å²) < 4.78 is 15.1. The molecule has 0 saturated carbocycles. The van der Waals surface area contributed by atoms with Crippen LogP contribution in [-0.2, 0) is 11.3 Å². The lowest BCUT2D eigenvalue weighted by atomic mass is 9.97. The molecule has 180 valence electrons. The summed E-state index contributed by atoms with van der Waals surface area (Å²) >= 11 is 6.10. The zero-order chi connectivity index (χ0) is 24.5. The number of rotatable bonds is 5. The average Bonchev–Trinajstić information content (AvgIpc) is 3.29. The van der Waals surface area contributed by atoms with Gasteiger partial charge < -0.3 is 10.2 Å². The van der Waals surface area contributed by atoms with Crippen LogP contribution in [0.5, 0.6) is 0 Å². The number of fused-ring (bicyclic) bond motifs is 1. The largest absolute Gasteiger partial charge is 0.354 e. The van der Waals surface area contributed by atoms with Crippen LogP contribution >= 0.6 is 11.6 Å². The molecule has 1 fully saturated rings. The Morgan fingerprint density at radius 2 is 2.03 bits per heavy atom. The molecule has 2 aromatic heterocycles. The Morgan fingerprint density at radius 1 is 1.17 bits per heavy atom. The first-order valence-electron chi connectivity index (χ1n) is 11.8. The molecule has 0 aliphatic carbocycles. The molecule has 4 aromatic rings. The second-order valence-electron chi connectivity index (χ2n) is 9.15. The third kappa shape index (κ3) is 4.86. The number of aryl methyl sites for hydroxylation is 2. The van der Waals surface area contributed by atoms with Gasteiger partial charge >= 0.3 is 0 Å². The molecule has 1 atom stereocenters. The second-order valence-corrected chi connectivity index (χ2v) is 9.56. The van der Waals surface area contributed by atoms with E-state index in [-0.39, 0.29) is 18.4 Å². The quantitative estimate of drug-likeness (QED) is 0.409. The minimum Gasteiger partial charge on any atom is -0.354 e.